The van der Waals surface area contributed by atoms with Crippen molar-refractivity contribution in [2.45, 2.75) is 10.8 Å². The Bertz CT molecular complexity index is 1090. The molecule has 3 rings (SSSR count). The molecule has 11 heteroatoms. The summed E-state index contributed by atoms with van der Waals surface area (Å²) < 4.78 is 27.6. The van der Waals surface area contributed by atoms with Gasteiger partial charge in [-0.3, -0.25) is 9.59 Å². The summed E-state index contributed by atoms with van der Waals surface area (Å²) in [5.41, 5.74) is 0.837. The van der Waals surface area contributed by atoms with Crippen molar-refractivity contribution in [2.75, 3.05) is 6.54 Å². The van der Waals surface area contributed by atoms with Gasteiger partial charge < -0.3 is 15.2 Å². The maximum Gasteiger partial charge on any atom is 0.273 e. The minimum absolute atomic E-state index is 0.0188. The lowest BCUT2D eigenvalue weighted by Gasteiger charge is -2.04. The predicted octanol–water partition coefficient (Wildman–Crippen LogP) is 1.10. The molecule has 0 fully saturated rings. The van der Waals surface area contributed by atoms with Crippen molar-refractivity contribution < 1.29 is 22.5 Å². The Hall–Kier alpha value is -3.02. The van der Waals surface area contributed by atoms with Crippen LogP contribution in [-0.2, 0) is 21.4 Å². The van der Waals surface area contributed by atoms with Gasteiger partial charge in [0.05, 0.1) is 13.1 Å². The summed E-state index contributed by atoms with van der Waals surface area (Å²) in [6, 6.07) is 13.6. The first kappa shape index (κ1) is 19.7. The topological polar surface area (TPSA) is 144 Å². The first-order valence-corrected chi connectivity index (χ1v) is 10.4. The Kier molecular flexibility index (Phi) is 5.87. The summed E-state index contributed by atoms with van der Waals surface area (Å²) in [5, 5.41) is 13.8. The van der Waals surface area contributed by atoms with E-state index in [0.29, 0.717) is 10.6 Å². The number of hydrogen-bond donors (Lipinski definition) is 3. The Morgan fingerprint density at radius 2 is 1.86 bits per heavy atom. The molecule has 3 aromatic rings. The molecule has 0 saturated heterocycles. The van der Waals surface area contributed by atoms with Gasteiger partial charge in [0.2, 0.25) is 15.9 Å². The molecular formula is C17H16N4O5S2. The van der Waals surface area contributed by atoms with Gasteiger partial charge in [-0.15, -0.1) is 11.3 Å². The normalized spacial score (nSPS) is 11.2. The molecular weight excluding hydrogens is 404 g/mol. The zero-order valence-corrected chi connectivity index (χ0v) is 16.0. The molecule has 1 aromatic carbocycles. The lowest BCUT2D eigenvalue weighted by atomic mass is 10.1. The SMILES string of the molecule is NS(=O)(=O)c1ccc(CNC(=O)CNC(=O)c2cc(-c3ccccc3)on2)s1. The molecule has 4 N–H and O–H groups in total. The number of amides is 2. The molecule has 0 aliphatic carbocycles. The average molecular weight is 420 g/mol. The molecule has 146 valence electrons. The van der Waals surface area contributed by atoms with E-state index >= 15 is 0 Å². The second-order valence-electron chi connectivity index (χ2n) is 5.67. The minimum Gasteiger partial charge on any atom is -0.355 e. The van der Waals surface area contributed by atoms with Gasteiger partial charge in [-0.2, -0.15) is 0 Å². The second kappa shape index (κ2) is 8.33. The molecule has 2 amide bonds. The summed E-state index contributed by atoms with van der Waals surface area (Å²) in [7, 11) is -3.76. The van der Waals surface area contributed by atoms with Crippen molar-refractivity contribution in [3.63, 3.8) is 0 Å². The van der Waals surface area contributed by atoms with E-state index < -0.39 is 21.8 Å². The van der Waals surface area contributed by atoms with E-state index in [1.807, 2.05) is 30.3 Å². The van der Waals surface area contributed by atoms with Gasteiger partial charge in [-0.1, -0.05) is 35.5 Å². The number of thiophene rings is 1. The number of aromatic nitrogens is 1. The van der Waals surface area contributed by atoms with Gasteiger partial charge in [-0.05, 0) is 12.1 Å². The number of nitrogens with one attached hydrogen (secondary N) is 2. The molecule has 0 saturated carbocycles. The number of carbonyl (C=O) groups is 2. The number of nitrogens with two attached hydrogens (primary N) is 1. The molecule has 2 heterocycles. The van der Waals surface area contributed by atoms with Crippen LogP contribution in [0.2, 0.25) is 0 Å². The lowest BCUT2D eigenvalue weighted by molar-refractivity contribution is -0.120. The number of hydrogen-bond acceptors (Lipinski definition) is 7. The van der Waals surface area contributed by atoms with Crippen LogP contribution in [0.15, 0.2) is 57.3 Å². The van der Waals surface area contributed by atoms with Crippen LogP contribution in [0, 0.1) is 0 Å². The predicted molar refractivity (Wildman–Crippen MR) is 102 cm³/mol. The van der Waals surface area contributed by atoms with E-state index in [-0.39, 0.29) is 23.0 Å². The maximum absolute atomic E-state index is 12.1. The molecule has 0 bridgehead atoms. The number of sulfonamides is 1. The number of carbonyl (C=O) groups excluding carboxylic acids is 2. The maximum atomic E-state index is 12.1. The van der Waals surface area contributed by atoms with Gasteiger partial charge in [-0.25, -0.2) is 13.6 Å². The summed E-state index contributed by atoms with van der Waals surface area (Å²) >= 11 is 0.966. The standard InChI is InChI=1S/C17H16N4O5S2/c18-28(24,25)16-7-6-12(27-16)9-19-15(22)10-20-17(23)13-8-14(26-21-13)11-4-2-1-3-5-11/h1-8H,9-10H2,(H,19,22)(H,20,23)(H2,18,24,25). The highest BCUT2D eigenvalue weighted by Crippen LogP contribution is 2.20. The van der Waals surface area contributed by atoms with Crippen LogP contribution in [0.3, 0.4) is 0 Å². The van der Waals surface area contributed by atoms with Gasteiger partial charge in [0.25, 0.3) is 5.91 Å². The Balaban J connectivity index is 1.49. The lowest BCUT2D eigenvalue weighted by Crippen LogP contribution is -2.36. The van der Waals surface area contributed by atoms with Gasteiger partial charge in [0.1, 0.15) is 4.21 Å². The first-order valence-electron chi connectivity index (χ1n) is 8.01. The smallest absolute Gasteiger partial charge is 0.273 e. The van der Waals surface area contributed by atoms with Crippen LogP contribution in [0.25, 0.3) is 11.3 Å². The van der Waals surface area contributed by atoms with Crippen molar-refractivity contribution in [3.05, 3.63) is 59.1 Å². The zero-order chi connectivity index (χ0) is 20.1. The molecule has 0 aliphatic heterocycles. The van der Waals surface area contributed by atoms with E-state index in [1.165, 1.54) is 12.1 Å². The highest BCUT2D eigenvalue weighted by molar-refractivity contribution is 7.91. The Morgan fingerprint density at radius 3 is 2.54 bits per heavy atom. The van der Waals surface area contributed by atoms with Crippen LogP contribution in [0.1, 0.15) is 15.4 Å². The molecule has 0 radical (unpaired) electrons. The first-order chi connectivity index (χ1) is 13.3. The third kappa shape index (κ3) is 5.03. The monoisotopic (exact) mass is 420 g/mol. The fourth-order valence-electron chi connectivity index (χ4n) is 2.23. The van der Waals surface area contributed by atoms with Gasteiger partial charge in [0, 0.05) is 16.5 Å². The minimum atomic E-state index is -3.76. The van der Waals surface area contributed by atoms with Crippen LogP contribution >= 0.6 is 11.3 Å². The van der Waals surface area contributed by atoms with E-state index in [1.54, 1.807) is 6.07 Å². The number of primary sulfonamides is 1. The van der Waals surface area contributed by atoms with Gasteiger partial charge >= 0.3 is 0 Å². The second-order valence-corrected chi connectivity index (χ2v) is 8.62. The fraction of sp³-hybridized carbons (Fsp3) is 0.118. The molecule has 0 atom stereocenters. The van der Waals surface area contributed by atoms with Crippen molar-refractivity contribution in [3.8, 4) is 11.3 Å². The van der Waals surface area contributed by atoms with Crippen molar-refractivity contribution in [1.29, 1.82) is 0 Å². The Labute approximate surface area is 164 Å². The molecule has 9 nitrogen and oxygen atoms in total. The third-order valence-electron chi connectivity index (χ3n) is 3.59. The van der Waals surface area contributed by atoms with E-state index in [2.05, 4.69) is 15.8 Å². The highest BCUT2D eigenvalue weighted by atomic mass is 32.2. The van der Waals surface area contributed by atoms with E-state index in [9.17, 15) is 18.0 Å². The number of benzene rings is 1. The third-order valence-corrected chi connectivity index (χ3v) is 6.11. The van der Waals surface area contributed by atoms with Crippen molar-refractivity contribution in [1.82, 2.24) is 15.8 Å². The summed E-state index contributed by atoms with van der Waals surface area (Å²) in [6.45, 7) is -0.142. The van der Waals surface area contributed by atoms with Crippen LogP contribution in [0.4, 0.5) is 0 Å². The molecule has 0 spiro atoms. The fourth-order valence-corrected chi connectivity index (χ4v) is 3.94. The summed E-state index contributed by atoms with van der Waals surface area (Å²) in [4.78, 5) is 24.6. The summed E-state index contributed by atoms with van der Waals surface area (Å²) in [6.07, 6.45) is 0. The number of rotatable bonds is 7. The quantitative estimate of drug-likeness (QED) is 0.522. The summed E-state index contributed by atoms with van der Waals surface area (Å²) in [5.74, 6) is -0.544. The molecule has 0 aliphatic rings. The van der Waals surface area contributed by atoms with Crippen LogP contribution in [-0.4, -0.2) is 31.9 Å². The van der Waals surface area contributed by atoms with Crippen molar-refractivity contribution in [2.24, 2.45) is 5.14 Å². The molecule has 28 heavy (non-hydrogen) atoms. The van der Waals surface area contributed by atoms with Crippen LogP contribution in [0.5, 0.6) is 0 Å². The van der Waals surface area contributed by atoms with E-state index in [4.69, 9.17) is 9.66 Å². The zero-order valence-electron chi connectivity index (χ0n) is 14.4. The average Bonchev–Trinajstić information content (AvgIpc) is 3.34. The van der Waals surface area contributed by atoms with Gasteiger partial charge in [0.15, 0.2) is 11.5 Å². The molecule has 0 unspecified atom stereocenters. The molecule has 2 aromatic heterocycles. The van der Waals surface area contributed by atoms with Crippen LogP contribution < -0.4 is 15.8 Å². The van der Waals surface area contributed by atoms with Crippen molar-refractivity contribution >= 4 is 33.2 Å². The number of nitrogens with zero attached hydrogens (tertiary/aromatic N) is 1. The largest absolute Gasteiger partial charge is 0.355 e. The Morgan fingerprint density at radius 1 is 1.11 bits per heavy atom. The van der Waals surface area contributed by atoms with E-state index in [0.717, 1.165) is 16.9 Å². The highest BCUT2D eigenvalue weighted by Gasteiger charge is 2.15.